The minimum atomic E-state index is -0.303. The predicted molar refractivity (Wildman–Crippen MR) is 109 cm³/mol. The summed E-state index contributed by atoms with van der Waals surface area (Å²) in [5, 5.41) is 9.64. The number of nitrogens with one attached hydrogen (secondary N) is 2. The van der Waals surface area contributed by atoms with Crippen LogP contribution in [0, 0.1) is 0 Å². The van der Waals surface area contributed by atoms with Gasteiger partial charge < -0.3 is 15.1 Å². The van der Waals surface area contributed by atoms with Crippen molar-refractivity contribution in [2.45, 2.75) is 19.4 Å². The topological polar surface area (TPSA) is 92.4 Å². The normalized spacial score (nSPS) is 14.1. The standard InChI is InChI=1S/C21H23N5O3/c1-25-13-10-18(24-25)20(27)22-15-4-6-16(7-5-15)23-21(28)19-9-8-17(29-19)14-26-11-2-3-12-26/h4-10,13H,2-3,11-12,14H2,1H3,(H,22,27)(H,23,28). The Bertz CT molecular complexity index is 1000. The molecule has 8 nitrogen and oxygen atoms in total. The molecule has 2 aromatic heterocycles. The molecule has 8 heteroatoms. The van der Waals surface area contributed by atoms with E-state index in [1.807, 2.05) is 6.07 Å². The maximum atomic E-state index is 12.4. The number of carbonyl (C=O) groups excluding carboxylic acids is 2. The number of anilines is 2. The smallest absolute Gasteiger partial charge is 0.291 e. The van der Waals surface area contributed by atoms with Crippen LogP contribution in [0.2, 0.25) is 0 Å². The van der Waals surface area contributed by atoms with Gasteiger partial charge in [0.2, 0.25) is 0 Å². The Balaban J connectivity index is 1.33. The van der Waals surface area contributed by atoms with Gasteiger partial charge in [0.1, 0.15) is 5.76 Å². The van der Waals surface area contributed by atoms with Crippen LogP contribution < -0.4 is 10.6 Å². The molecule has 0 aliphatic carbocycles. The Morgan fingerprint density at radius 3 is 2.24 bits per heavy atom. The average Bonchev–Trinajstić information content (AvgIpc) is 3.46. The van der Waals surface area contributed by atoms with Crippen molar-refractivity contribution in [1.82, 2.24) is 14.7 Å². The maximum absolute atomic E-state index is 12.4. The van der Waals surface area contributed by atoms with E-state index < -0.39 is 0 Å². The molecule has 1 aromatic carbocycles. The summed E-state index contributed by atoms with van der Waals surface area (Å²) in [4.78, 5) is 26.9. The predicted octanol–water partition coefficient (Wildman–Crippen LogP) is 3.11. The molecule has 1 fully saturated rings. The number of nitrogens with zero attached hydrogens (tertiary/aromatic N) is 3. The molecule has 2 amide bonds. The highest BCUT2D eigenvalue weighted by atomic mass is 16.4. The van der Waals surface area contributed by atoms with E-state index in [9.17, 15) is 9.59 Å². The number of rotatable bonds is 6. The molecular formula is C21H23N5O3. The van der Waals surface area contributed by atoms with Crippen LogP contribution in [0.15, 0.2) is 53.1 Å². The summed E-state index contributed by atoms with van der Waals surface area (Å²) in [6, 6.07) is 12.1. The van der Waals surface area contributed by atoms with E-state index in [2.05, 4.69) is 20.6 Å². The summed E-state index contributed by atoms with van der Waals surface area (Å²) in [6.07, 6.45) is 4.14. The van der Waals surface area contributed by atoms with Gasteiger partial charge in [-0.15, -0.1) is 0 Å². The van der Waals surface area contributed by atoms with Gasteiger partial charge in [-0.05, 0) is 68.4 Å². The van der Waals surface area contributed by atoms with E-state index >= 15 is 0 Å². The Morgan fingerprint density at radius 2 is 1.62 bits per heavy atom. The number of likely N-dealkylation sites (tertiary alicyclic amines) is 1. The lowest BCUT2D eigenvalue weighted by atomic mass is 10.2. The molecule has 0 radical (unpaired) electrons. The summed E-state index contributed by atoms with van der Waals surface area (Å²) in [7, 11) is 1.75. The van der Waals surface area contributed by atoms with E-state index in [0.717, 1.165) is 25.4 Å². The second-order valence-electron chi connectivity index (χ2n) is 7.11. The van der Waals surface area contributed by atoms with E-state index in [0.29, 0.717) is 17.1 Å². The van der Waals surface area contributed by atoms with Crippen molar-refractivity contribution in [1.29, 1.82) is 0 Å². The number of aryl methyl sites for hydroxylation is 1. The molecule has 4 rings (SSSR count). The first-order chi connectivity index (χ1) is 14.1. The minimum absolute atomic E-state index is 0.284. The van der Waals surface area contributed by atoms with Crippen LogP contribution >= 0.6 is 0 Å². The highest BCUT2D eigenvalue weighted by molar-refractivity contribution is 6.04. The zero-order valence-electron chi connectivity index (χ0n) is 16.2. The summed E-state index contributed by atoms with van der Waals surface area (Å²) in [5.74, 6) is 0.489. The molecular weight excluding hydrogens is 370 g/mol. The number of furan rings is 1. The zero-order valence-corrected chi connectivity index (χ0v) is 16.2. The van der Waals surface area contributed by atoms with Crippen molar-refractivity contribution in [2.24, 2.45) is 7.05 Å². The summed E-state index contributed by atoms with van der Waals surface area (Å²) in [5.41, 5.74) is 1.57. The first kappa shape index (κ1) is 18.9. The van der Waals surface area contributed by atoms with Crippen LogP contribution in [0.1, 0.15) is 39.6 Å². The highest BCUT2D eigenvalue weighted by Crippen LogP contribution is 2.18. The molecule has 3 heterocycles. The third-order valence-electron chi connectivity index (χ3n) is 4.81. The Hall–Kier alpha value is -3.39. The van der Waals surface area contributed by atoms with Gasteiger partial charge >= 0.3 is 0 Å². The fourth-order valence-corrected chi connectivity index (χ4v) is 3.31. The monoisotopic (exact) mass is 393 g/mol. The lowest BCUT2D eigenvalue weighted by Gasteiger charge is -2.11. The van der Waals surface area contributed by atoms with E-state index in [1.54, 1.807) is 54.3 Å². The van der Waals surface area contributed by atoms with E-state index in [-0.39, 0.29) is 17.6 Å². The van der Waals surface area contributed by atoms with Crippen LogP contribution in [0.5, 0.6) is 0 Å². The first-order valence-electron chi connectivity index (χ1n) is 9.60. The number of benzene rings is 1. The van der Waals surface area contributed by atoms with Crippen LogP contribution in [-0.4, -0.2) is 39.6 Å². The quantitative estimate of drug-likeness (QED) is 0.671. The number of hydrogen-bond acceptors (Lipinski definition) is 5. The molecule has 1 saturated heterocycles. The van der Waals surface area contributed by atoms with Crippen molar-refractivity contribution in [3.05, 3.63) is 65.9 Å². The first-order valence-corrected chi connectivity index (χ1v) is 9.60. The maximum Gasteiger partial charge on any atom is 0.291 e. The molecule has 150 valence electrons. The summed E-state index contributed by atoms with van der Waals surface area (Å²) in [6.45, 7) is 2.88. The fourth-order valence-electron chi connectivity index (χ4n) is 3.31. The second kappa shape index (κ2) is 8.32. The SMILES string of the molecule is Cn1ccc(C(=O)Nc2ccc(NC(=O)c3ccc(CN4CCCC4)o3)cc2)n1. The third-order valence-corrected chi connectivity index (χ3v) is 4.81. The minimum Gasteiger partial charge on any atom is -0.455 e. The van der Waals surface area contributed by atoms with Crippen molar-refractivity contribution >= 4 is 23.2 Å². The van der Waals surface area contributed by atoms with Gasteiger partial charge in [0.05, 0.1) is 6.54 Å². The Morgan fingerprint density at radius 1 is 0.966 bits per heavy atom. The van der Waals surface area contributed by atoms with Gasteiger partial charge in [-0.2, -0.15) is 5.10 Å². The van der Waals surface area contributed by atoms with Gasteiger partial charge in [-0.25, -0.2) is 0 Å². The van der Waals surface area contributed by atoms with Crippen LogP contribution in [0.3, 0.4) is 0 Å². The lowest BCUT2D eigenvalue weighted by Crippen LogP contribution is -2.18. The van der Waals surface area contributed by atoms with Crippen LogP contribution in [0.4, 0.5) is 11.4 Å². The van der Waals surface area contributed by atoms with Gasteiger partial charge in [0.15, 0.2) is 11.5 Å². The Kier molecular flexibility index (Phi) is 5.44. The van der Waals surface area contributed by atoms with Crippen molar-refractivity contribution < 1.29 is 14.0 Å². The van der Waals surface area contributed by atoms with Gasteiger partial charge in [0, 0.05) is 24.6 Å². The largest absolute Gasteiger partial charge is 0.455 e. The molecule has 1 aliphatic heterocycles. The number of amides is 2. The molecule has 1 aliphatic rings. The molecule has 2 N–H and O–H groups in total. The van der Waals surface area contributed by atoms with Crippen LogP contribution in [-0.2, 0) is 13.6 Å². The lowest BCUT2D eigenvalue weighted by molar-refractivity contribution is 0.0991. The van der Waals surface area contributed by atoms with Crippen molar-refractivity contribution in [3.63, 3.8) is 0 Å². The van der Waals surface area contributed by atoms with Crippen molar-refractivity contribution in [2.75, 3.05) is 23.7 Å². The molecule has 29 heavy (non-hydrogen) atoms. The van der Waals surface area contributed by atoms with Gasteiger partial charge in [-0.1, -0.05) is 0 Å². The second-order valence-corrected chi connectivity index (χ2v) is 7.11. The van der Waals surface area contributed by atoms with Gasteiger partial charge in [-0.3, -0.25) is 19.2 Å². The molecule has 0 bridgehead atoms. The molecule has 0 atom stereocenters. The molecule has 3 aromatic rings. The zero-order chi connectivity index (χ0) is 20.2. The van der Waals surface area contributed by atoms with Crippen LogP contribution in [0.25, 0.3) is 0 Å². The summed E-state index contributed by atoms with van der Waals surface area (Å²) < 4.78 is 7.26. The van der Waals surface area contributed by atoms with Crippen molar-refractivity contribution in [3.8, 4) is 0 Å². The average molecular weight is 393 g/mol. The van der Waals surface area contributed by atoms with Gasteiger partial charge in [0.25, 0.3) is 11.8 Å². The molecule has 0 spiro atoms. The molecule has 0 unspecified atom stereocenters. The number of carbonyl (C=O) groups is 2. The molecule has 0 saturated carbocycles. The number of aromatic nitrogens is 2. The van der Waals surface area contributed by atoms with E-state index in [4.69, 9.17) is 4.42 Å². The highest BCUT2D eigenvalue weighted by Gasteiger charge is 2.16. The van der Waals surface area contributed by atoms with E-state index in [1.165, 1.54) is 12.8 Å². The number of hydrogen-bond donors (Lipinski definition) is 2. The third kappa shape index (κ3) is 4.72. The summed E-state index contributed by atoms with van der Waals surface area (Å²) >= 11 is 0. The Labute approximate surface area is 168 Å². The fraction of sp³-hybridized carbons (Fsp3) is 0.286.